The summed E-state index contributed by atoms with van der Waals surface area (Å²) < 4.78 is 52.5. The van der Waals surface area contributed by atoms with E-state index in [1.165, 1.54) is 28.6 Å². The maximum absolute atomic E-state index is 14.1. The minimum absolute atomic E-state index is 0.278. The van der Waals surface area contributed by atoms with E-state index in [4.69, 9.17) is 9.47 Å². The first-order valence-corrected chi connectivity index (χ1v) is 9.67. The average molecular weight is 363 g/mol. The lowest BCUT2D eigenvalue weighted by molar-refractivity contribution is 0.171. The Hall–Kier alpha value is -2.12. The molecule has 0 N–H and O–H groups in total. The predicted octanol–water partition coefficient (Wildman–Crippen LogP) is 3.12. The highest BCUT2D eigenvalue weighted by Crippen LogP contribution is 2.40. The molecule has 1 unspecified atom stereocenters. The van der Waals surface area contributed by atoms with Gasteiger partial charge in [0.1, 0.15) is 23.9 Å². The summed E-state index contributed by atoms with van der Waals surface area (Å²) in [4.78, 5) is -0.278. The molecule has 2 aromatic carbocycles. The summed E-state index contributed by atoms with van der Waals surface area (Å²) in [5.41, 5.74) is 0.835. The molecule has 1 atom stereocenters. The molecular formula is C18H18FNO4S. The number of fused-ring (bicyclic) bond motifs is 1. The molecular weight excluding hydrogens is 345 g/mol. The molecule has 2 aliphatic rings. The molecule has 2 aliphatic heterocycles. The second-order valence-electron chi connectivity index (χ2n) is 6.11. The number of hydrogen-bond donors (Lipinski definition) is 0. The summed E-state index contributed by atoms with van der Waals surface area (Å²) >= 11 is 0. The van der Waals surface area contributed by atoms with Gasteiger partial charge in [-0.1, -0.05) is 18.2 Å². The molecule has 0 aromatic heterocycles. The molecule has 2 aromatic rings. The van der Waals surface area contributed by atoms with Crippen LogP contribution in [0.5, 0.6) is 11.5 Å². The molecule has 4 rings (SSSR count). The Morgan fingerprint density at radius 1 is 1.04 bits per heavy atom. The van der Waals surface area contributed by atoms with Gasteiger partial charge in [-0.3, -0.25) is 0 Å². The molecule has 132 valence electrons. The van der Waals surface area contributed by atoms with E-state index in [1.807, 2.05) is 12.1 Å². The summed E-state index contributed by atoms with van der Waals surface area (Å²) in [6.07, 6.45) is 1.42. The number of benzene rings is 2. The SMILES string of the molecule is O=S(=O)(c1ccccc1F)N1CCCC1c1ccc2c(c1)OCCO2. The van der Waals surface area contributed by atoms with Gasteiger partial charge in [0, 0.05) is 6.54 Å². The van der Waals surface area contributed by atoms with Gasteiger partial charge in [0.2, 0.25) is 10.0 Å². The van der Waals surface area contributed by atoms with Crippen molar-refractivity contribution < 1.29 is 22.3 Å². The molecule has 0 bridgehead atoms. The minimum Gasteiger partial charge on any atom is -0.486 e. The Kier molecular flexibility index (Phi) is 4.13. The lowest BCUT2D eigenvalue weighted by Crippen LogP contribution is -2.31. The molecule has 1 saturated heterocycles. The first-order chi connectivity index (χ1) is 12.1. The first-order valence-electron chi connectivity index (χ1n) is 8.23. The molecule has 0 aliphatic carbocycles. The summed E-state index contributed by atoms with van der Waals surface area (Å²) in [6.45, 7) is 1.34. The van der Waals surface area contributed by atoms with Crippen molar-refractivity contribution in [1.82, 2.24) is 4.31 Å². The smallest absolute Gasteiger partial charge is 0.246 e. The van der Waals surface area contributed by atoms with Crippen molar-refractivity contribution >= 4 is 10.0 Å². The van der Waals surface area contributed by atoms with Crippen LogP contribution in [0.4, 0.5) is 4.39 Å². The van der Waals surface area contributed by atoms with Crippen molar-refractivity contribution in [3.05, 3.63) is 53.8 Å². The van der Waals surface area contributed by atoms with Crippen molar-refractivity contribution in [1.29, 1.82) is 0 Å². The summed E-state index contributed by atoms with van der Waals surface area (Å²) in [6, 6.07) is 10.6. The summed E-state index contributed by atoms with van der Waals surface area (Å²) in [5.74, 6) is 0.561. The number of halogens is 1. The van der Waals surface area contributed by atoms with Crippen molar-refractivity contribution in [2.75, 3.05) is 19.8 Å². The van der Waals surface area contributed by atoms with E-state index < -0.39 is 15.8 Å². The predicted molar refractivity (Wildman–Crippen MR) is 89.7 cm³/mol. The molecule has 0 amide bonds. The van der Waals surface area contributed by atoms with Crippen LogP contribution < -0.4 is 9.47 Å². The third-order valence-electron chi connectivity index (χ3n) is 4.58. The van der Waals surface area contributed by atoms with Crippen molar-refractivity contribution in [2.45, 2.75) is 23.8 Å². The third-order valence-corrected chi connectivity index (χ3v) is 6.52. The number of rotatable bonds is 3. The summed E-state index contributed by atoms with van der Waals surface area (Å²) in [7, 11) is -3.90. The van der Waals surface area contributed by atoms with Crippen LogP contribution in [0.15, 0.2) is 47.4 Å². The zero-order chi connectivity index (χ0) is 17.4. The Morgan fingerprint density at radius 3 is 2.60 bits per heavy atom. The van der Waals surface area contributed by atoms with Crippen LogP contribution >= 0.6 is 0 Å². The average Bonchev–Trinajstić information content (AvgIpc) is 3.12. The summed E-state index contributed by atoms with van der Waals surface area (Å²) in [5, 5.41) is 0. The zero-order valence-electron chi connectivity index (χ0n) is 13.5. The van der Waals surface area contributed by atoms with E-state index in [1.54, 1.807) is 6.07 Å². The van der Waals surface area contributed by atoms with E-state index in [0.29, 0.717) is 37.7 Å². The van der Waals surface area contributed by atoms with Gasteiger partial charge in [-0.15, -0.1) is 0 Å². The Labute approximate surface area is 146 Å². The Bertz CT molecular complexity index is 900. The van der Waals surface area contributed by atoms with Crippen LogP contribution in [0.1, 0.15) is 24.4 Å². The van der Waals surface area contributed by atoms with Crippen LogP contribution in [0.25, 0.3) is 0 Å². The van der Waals surface area contributed by atoms with E-state index in [9.17, 15) is 12.8 Å². The van der Waals surface area contributed by atoms with E-state index in [0.717, 1.165) is 12.0 Å². The standard InChI is InChI=1S/C18H18FNO4S/c19-14-4-1-2-6-18(14)25(21,22)20-9-3-5-15(20)13-7-8-16-17(12-13)24-11-10-23-16/h1-2,4,6-8,12,15H,3,5,9-11H2. The maximum Gasteiger partial charge on any atom is 0.246 e. The van der Waals surface area contributed by atoms with Gasteiger partial charge in [-0.2, -0.15) is 4.31 Å². The van der Waals surface area contributed by atoms with Crippen LogP contribution in [-0.4, -0.2) is 32.5 Å². The Balaban J connectivity index is 1.70. The van der Waals surface area contributed by atoms with Gasteiger partial charge in [-0.25, -0.2) is 12.8 Å². The van der Waals surface area contributed by atoms with Gasteiger partial charge in [0.25, 0.3) is 0 Å². The Morgan fingerprint density at radius 2 is 1.80 bits per heavy atom. The molecule has 1 fully saturated rings. The molecule has 0 spiro atoms. The lowest BCUT2D eigenvalue weighted by atomic mass is 10.0. The molecule has 0 radical (unpaired) electrons. The van der Waals surface area contributed by atoms with Gasteiger partial charge in [-0.05, 0) is 42.7 Å². The lowest BCUT2D eigenvalue weighted by Gasteiger charge is -2.26. The molecule has 25 heavy (non-hydrogen) atoms. The highest BCUT2D eigenvalue weighted by molar-refractivity contribution is 7.89. The van der Waals surface area contributed by atoms with Crippen molar-refractivity contribution in [3.63, 3.8) is 0 Å². The van der Waals surface area contributed by atoms with E-state index in [2.05, 4.69) is 0 Å². The fourth-order valence-corrected chi connectivity index (χ4v) is 5.16. The van der Waals surface area contributed by atoms with E-state index >= 15 is 0 Å². The highest BCUT2D eigenvalue weighted by atomic mass is 32.2. The monoisotopic (exact) mass is 363 g/mol. The molecule has 2 heterocycles. The van der Waals surface area contributed by atoms with Crippen molar-refractivity contribution in [3.8, 4) is 11.5 Å². The number of nitrogens with zero attached hydrogens (tertiary/aromatic N) is 1. The van der Waals surface area contributed by atoms with Crippen LogP contribution in [0, 0.1) is 5.82 Å². The van der Waals surface area contributed by atoms with Gasteiger partial charge < -0.3 is 9.47 Å². The van der Waals surface area contributed by atoms with Crippen LogP contribution in [-0.2, 0) is 10.0 Å². The first kappa shape index (κ1) is 16.4. The third kappa shape index (κ3) is 2.87. The second-order valence-corrected chi connectivity index (χ2v) is 7.97. The number of hydrogen-bond acceptors (Lipinski definition) is 4. The maximum atomic E-state index is 14.1. The number of ether oxygens (including phenoxy) is 2. The van der Waals surface area contributed by atoms with Gasteiger partial charge in [0.05, 0.1) is 6.04 Å². The fourth-order valence-electron chi connectivity index (χ4n) is 3.41. The quantitative estimate of drug-likeness (QED) is 0.841. The normalized spacial score (nSPS) is 20.6. The topological polar surface area (TPSA) is 55.8 Å². The zero-order valence-corrected chi connectivity index (χ0v) is 14.3. The highest BCUT2D eigenvalue weighted by Gasteiger charge is 2.37. The number of sulfonamides is 1. The molecule has 0 saturated carbocycles. The minimum atomic E-state index is -3.90. The molecule has 7 heteroatoms. The fraction of sp³-hybridized carbons (Fsp3) is 0.333. The van der Waals surface area contributed by atoms with E-state index in [-0.39, 0.29) is 10.9 Å². The van der Waals surface area contributed by atoms with Gasteiger partial charge in [0.15, 0.2) is 11.5 Å². The largest absolute Gasteiger partial charge is 0.486 e. The second kappa shape index (κ2) is 6.31. The van der Waals surface area contributed by atoms with Crippen LogP contribution in [0.2, 0.25) is 0 Å². The molecule has 5 nitrogen and oxygen atoms in total. The van der Waals surface area contributed by atoms with Crippen LogP contribution in [0.3, 0.4) is 0 Å². The van der Waals surface area contributed by atoms with Crippen molar-refractivity contribution in [2.24, 2.45) is 0 Å². The van der Waals surface area contributed by atoms with Gasteiger partial charge >= 0.3 is 0 Å².